The van der Waals surface area contributed by atoms with Gasteiger partial charge in [0, 0.05) is 37.2 Å². The van der Waals surface area contributed by atoms with E-state index in [1.165, 1.54) is 6.07 Å². The van der Waals surface area contributed by atoms with Gasteiger partial charge in [0.2, 0.25) is 5.91 Å². The number of piperidine rings is 1. The van der Waals surface area contributed by atoms with E-state index in [1.807, 2.05) is 29.2 Å². The zero-order valence-electron chi connectivity index (χ0n) is 15.3. The Balaban J connectivity index is 1.56. The van der Waals surface area contributed by atoms with Crippen LogP contribution in [0.4, 0.5) is 11.4 Å². The predicted octanol–water partition coefficient (Wildman–Crippen LogP) is 3.14. The van der Waals surface area contributed by atoms with E-state index in [2.05, 4.69) is 5.32 Å². The minimum absolute atomic E-state index is 0.0168. The van der Waals surface area contributed by atoms with Gasteiger partial charge in [-0.3, -0.25) is 14.9 Å². The molecule has 0 bridgehead atoms. The third-order valence-corrected chi connectivity index (χ3v) is 4.93. The topological polar surface area (TPSA) is 84.7 Å². The molecule has 0 saturated carbocycles. The van der Waals surface area contributed by atoms with E-state index in [0.717, 1.165) is 11.3 Å². The van der Waals surface area contributed by atoms with Crippen molar-refractivity contribution in [1.29, 1.82) is 0 Å². The summed E-state index contributed by atoms with van der Waals surface area (Å²) in [6.45, 7) is 1.67. The summed E-state index contributed by atoms with van der Waals surface area (Å²) < 4.78 is 5.30. The molecular weight excluding hydrogens is 346 g/mol. The molecule has 7 nitrogen and oxygen atoms in total. The van der Waals surface area contributed by atoms with Crippen LogP contribution in [-0.2, 0) is 11.3 Å². The van der Waals surface area contributed by atoms with Crippen LogP contribution < -0.4 is 15.0 Å². The second-order valence-corrected chi connectivity index (χ2v) is 6.54. The van der Waals surface area contributed by atoms with Crippen molar-refractivity contribution in [2.75, 3.05) is 25.1 Å². The summed E-state index contributed by atoms with van der Waals surface area (Å²) in [5, 5.41) is 14.2. The third kappa shape index (κ3) is 4.36. The molecule has 7 heteroatoms. The number of rotatable bonds is 6. The Bertz CT molecular complexity index is 816. The molecule has 1 heterocycles. The number of nitrogens with one attached hydrogen (secondary N) is 1. The third-order valence-electron chi connectivity index (χ3n) is 4.93. The molecule has 1 amide bonds. The highest BCUT2D eigenvalue weighted by Crippen LogP contribution is 2.31. The van der Waals surface area contributed by atoms with Gasteiger partial charge < -0.3 is 15.0 Å². The van der Waals surface area contributed by atoms with Gasteiger partial charge in [0.1, 0.15) is 11.4 Å². The molecule has 0 atom stereocenters. The van der Waals surface area contributed by atoms with Gasteiger partial charge in [-0.1, -0.05) is 30.3 Å². The van der Waals surface area contributed by atoms with Gasteiger partial charge in [0.15, 0.2) is 0 Å². The highest BCUT2D eigenvalue weighted by molar-refractivity contribution is 5.79. The summed E-state index contributed by atoms with van der Waals surface area (Å²) in [4.78, 5) is 25.4. The van der Waals surface area contributed by atoms with E-state index in [-0.39, 0.29) is 22.4 Å². The molecule has 0 aliphatic carbocycles. The largest absolute Gasteiger partial charge is 0.496 e. The molecule has 27 heavy (non-hydrogen) atoms. The van der Waals surface area contributed by atoms with Gasteiger partial charge in [0.05, 0.1) is 12.0 Å². The molecule has 2 aromatic carbocycles. The maximum Gasteiger partial charge on any atom is 0.292 e. The average Bonchev–Trinajstić information content (AvgIpc) is 2.72. The maximum absolute atomic E-state index is 12.5. The summed E-state index contributed by atoms with van der Waals surface area (Å²) in [7, 11) is 1.61. The zero-order valence-corrected chi connectivity index (χ0v) is 15.3. The minimum atomic E-state index is -0.360. The molecule has 0 spiro atoms. The molecule has 0 aromatic heterocycles. The van der Waals surface area contributed by atoms with Crippen LogP contribution in [0.15, 0.2) is 48.5 Å². The number of para-hydroxylation sites is 3. The minimum Gasteiger partial charge on any atom is -0.496 e. The van der Waals surface area contributed by atoms with Crippen molar-refractivity contribution in [2.45, 2.75) is 19.4 Å². The van der Waals surface area contributed by atoms with Crippen molar-refractivity contribution in [3.05, 3.63) is 64.2 Å². The Morgan fingerprint density at radius 1 is 1.19 bits per heavy atom. The molecule has 1 saturated heterocycles. The van der Waals surface area contributed by atoms with Gasteiger partial charge in [-0.15, -0.1) is 0 Å². The summed E-state index contributed by atoms with van der Waals surface area (Å²) in [5.41, 5.74) is 1.66. The van der Waals surface area contributed by atoms with E-state index in [4.69, 9.17) is 4.74 Å². The monoisotopic (exact) mass is 369 g/mol. The number of hydrogen-bond acceptors (Lipinski definition) is 5. The molecule has 1 aliphatic heterocycles. The van der Waals surface area contributed by atoms with Crippen molar-refractivity contribution < 1.29 is 14.5 Å². The SMILES string of the molecule is COc1ccccc1CNC(=O)C1CCN(c2ccccc2[N+](=O)[O-])CC1. The quantitative estimate of drug-likeness (QED) is 0.625. The molecule has 3 rings (SSSR count). The fourth-order valence-electron chi connectivity index (χ4n) is 3.44. The second kappa shape index (κ2) is 8.53. The molecule has 2 aromatic rings. The van der Waals surface area contributed by atoms with E-state index < -0.39 is 0 Å². The molecule has 0 radical (unpaired) electrons. The summed E-state index contributed by atoms with van der Waals surface area (Å²) in [5.74, 6) is 0.686. The highest BCUT2D eigenvalue weighted by atomic mass is 16.6. The molecule has 0 unspecified atom stereocenters. The lowest BCUT2D eigenvalue weighted by Gasteiger charge is -2.32. The van der Waals surface area contributed by atoms with E-state index in [0.29, 0.717) is 38.2 Å². The molecule has 1 aliphatic rings. The van der Waals surface area contributed by atoms with Crippen LogP contribution >= 0.6 is 0 Å². The van der Waals surface area contributed by atoms with Crippen molar-refractivity contribution in [1.82, 2.24) is 5.32 Å². The maximum atomic E-state index is 12.5. The van der Waals surface area contributed by atoms with Crippen LogP contribution in [0, 0.1) is 16.0 Å². The number of carbonyl (C=O) groups is 1. The predicted molar refractivity (Wildman–Crippen MR) is 103 cm³/mol. The lowest BCUT2D eigenvalue weighted by Crippen LogP contribution is -2.40. The number of nitro benzene ring substituents is 1. The molecule has 1 fully saturated rings. The fraction of sp³-hybridized carbons (Fsp3) is 0.350. The first-order valence-corrected chi connectivity index (χ1v) is 8.98. The number of ether oxygens (including phenoxy) is 1. The number of benzene rings is 2. The first-order valence-electron chi connectivity index (χ1n) is 8.98. The summed E-state index contributed by atoms with van der Waals surface area (Å²) in [6.07, 6.45) is 1.34. The number of anilines is 1. The Kier molecular flexibility index (Phi) is 5.90. The highest BCUT2D eigenvalue weighted by Gasteiger charge is 2.28. The van der Waals surface area contributed by atoms with Crippen LogP contribution in [0.2, 0.25) is 0 Å². The van der Waals surface area contributed by atoms with Crippen molar-refractivity contribution in [3.63, 3.8) is 0 Å². The van der Waals surface area contributed by atoms with Crippen molar-refractivity contribution in [3.8, 4) is 5.75 Å². The summed E-state index contributed by atoms with van der Waals surface area (Å²) >= 11 is 0. The zero-order chi connectivity index (χ0) is 19.2. The Hall–Kier alpha value is -3.09. The normalized spacial score (nSPS) is 14.6. The van der Waals surface area contributed by atoms with E-state index in [9.17, 15) is 14.9 Å². The Morgan fingerprint density at radius 2 is 1.85 bits per heavy atom. The molecule has 1 N–H and O–H groups in total. The smallest absolute Gasteiger partial charge is 0.292 e. The molecular formula is C20H23N3O4. The molecule has 142 valence electrons. The standard InChI is InChI=1S/C20H23N3O4/c1-27-19-9-5-2-6-16(19)14-21-20(24)15-10-12-22(13-11-15)17-7-3-4-8-18(17)23(25)26/h2-9,15H,10-14H2,1H3,(H,21,24). The first kappa shape index (κ1) is 18.7. The fourth-order valence-corrected chi connectivity index (χ4v) is 3.44. The Labute approximate surface area is 158 Å². The van der Waals surface area contributed by atoms with Crippen LogP contribution in [0.25, 0.3) is 0 Å². The van der Waals surface area contributed by atoms with Gasteiger partial charge in [-0.2, -0.15) is 0 Å². The number of carbonyl (C=O) groups excluding carboxylic acids is 1. The van der Waals surface area contributed by atoms with Crippen molar-refractivity contribution in [2.24, 2.45) is 5.92 Å². The average molecular weight is 369 g/mol. The summed E-state index contributed by atoms with van der Waals surface area (Å²) in [6, 6.07) is 14.3. The van der Waals surface area contributed by atoms with Crippen LogP contribution in [0.5, 0.6) is 5.75 Å². The van der Waals surface area contributed by atoms with E-state index in [1.54, 1.807) is 25.3 Å². The van der Waals surface area contributed by atoms with E-state index >= 15 is 0 Å². The van der Waals surface area contributed by atoms with Crippen LogP contribution in [-0.4, -0.2) is 31.0 Å². The van der Waals surface area contributed by atoms with Crippen molar-refractivity contribution >= 4 is 17.3 Å². The van der Waals surface area contributed by atoms with Crippen LogP contribution in [0.1, 0.15) is 18.4 Å². The van der Waals surface area contributed by atoms with Gasteiger partial charge in [-0.05, 0) is 25.0 Å². The Morgan fingerprint density at radius 3 is 2.56 bits per heavy atom. The number of hydrogen-bond donors (Lipinski definition) is 1. The van der Waals surface area contributed by atoms with Crippen LogP contribution in [0.3, 0.4) is 0 Å². The van der Waals surface area contributed by atoms with Gasteiger partial charge in [0.25, 0.3) is 5.69 Å². The number of amides is 1. The number of methoxy groups -OCH3 is 1. The number of nitro groups is 1. The first-order chi connectivity index (χ1) is 13.1. The van der Waals surface area contributed by atoms with Gasteiger partial charge >= 0.3 is 0 Å². The number of nitrogens with zero attached hydrogens (tertiary/aromatic N) is 2. The van der Waals surface area contributed by atoms with Gasteiger partial charge in [-0.25, -0.2) is 0 Å². The lowest BCUT2D eigenvalue weighted by atomic mass is 9.95. The lowest BCUT2D eigenvalue weighted by molar-refractivity contribution is -0.384. The second-order valence-electron chi connectivity index (χ2n) is 6.54.